The van der Waals surface area contributed by atoms with Crippen molar-refractivity contribution in [2.45, 2.75) is 6.54 Å². The van der Waals surface area contributed by atoms with E-state index in [1.165, 1.54) is 5.56 Å². The summed E-state index contributed by atoms with van der Waals surface area (Å²) in [5.41, 5.74) is 1.21. The van der Waals surface area contributed by atoms with Crippen LogP contribution in [0.4, 0.5) is 0 Å². The van der Waals surface area contributed by atoms with Crippen LogP contribution in [0.15, 0.2) is 18.2 Å². The van der Waals surface area contributed by atoms with Gasteiger partial charge in [-0.25, -0.2) is 0 Å². The van der Waals surface area contributed by atoms with E-state index in [0.717, 1.165) is 24.6 Å². The zero-order valence-corrected chi connectivity index (χ0v) is 10.7. The quantitative estimate of drug-likeness (QED) is 0.780. The van der Waals surface area contributed by atoms with Gasteiger partial charge >= 0.3 is 0 Å². The second-order valence-corrected chi connectivity index (χ2v) is 3.99. The van der Waals surface area contributed by atoms with Gasteiger partial charge in [0.05, 0.1) is 0 Å². The Balaban J connectivity index is 0.00000128. The van der Waals surface area contributed by atoms with Crippen molar-refractivity contribution in [3.05, 3.63) is 23.8 Å². The van der Waals surface area contributed by atoms with E-state index in [9.17, 15) is 0 Å². The molecule has 5 heteroatoms. The third kappa shape index (κ3) is 3.17. The maximum Gasteiger partial charge on any atom is 0.231 e. The molecule has 1 aromatic carbocycles. The largest absolute Gasteiger partial charge is 0.454 e. The number of nitrogens with zero attached hydrogens (tertiary/aromatic N) is 1. The number of benzene rings is 1. The average molecular weight is 264 g/mol. The van der Waals surface area contributed by atoms with Crippen LogP contribution >= 0.6 is 24.0 Å². The smallest absolute Gasteiger partial charge is 0.231 e. The molecule has 0 fully saturated rings. The number of hydrogen-bond donors (Lipinski definition) is 0. The molecule has 1 aliphatic rings. The molecule has 1 aromatic rings. The number of hydrogen-bond acceptors (Lipinski definition) is 3. The molecule has 2 rings (SSSR count). The fourth-order valence-corrected chi connectivity index (χ4v) is 1.86. The summed E-state index contributed by atoms with van der Waals surface area (Å²) in [6.07, 6.45) is 0. The van der Waals surface area contributed by atoms with Gasteiger partial charge in [-0.1, -0.05) is 6.07 Å². The maximum atomic E-state index is 5.67. The van der Waals surface area contributed by atoms with Crippen molar-refractivity contribution in [3.63, 3.8) is 0 Å². The normalized spacial score (nSPS) is 12.7. The molecule has 1 aliphatic heterocycles. The highest BCUT2D eigenvalue weighted by Crippen LogP contribution is 2.32. The monoisotopic (exact) mass is 263 g/mol. The highest BCUT2D eigenvalue weighted by atomic mass is 35.5. The summed E-state index contributed by atoms with van der Waals surface area (Å²) in [6, 6.07) is 6.03. The number of rotatable bonds is 4. The Bertz CT molecular complexity index is 347. The first-order valence-corrected chi connectivity index (χ1v) is 5.46. The Labute approximate surface area is 107 Å². The summed E-state index contributed by atoms with van der Waals surface area (Å²) in [5, 5.41) is 0. The lowest BCUT2D eigenvalue weighted by atomic mass is 10.2. The Morgan fingerprint density at radius 1 is 1.31 bits per heavy atom. The molecule has 0 radical (unpaired) electrons. The van der Waals surface area contributed by atoms with Crippen molar-refractivity contribution in [1.82, 2.24) is 4.90 Å². The van der Waals surface area contributed by atoms with Gasteiger partial charge in [-0.05, 0) is 24.7 Å². The second kappa shape index (κ2) is 6.18. The molecule has 0 amide bonds. The van der Waals surface area contributed by atoms with Gasteiger partial charge in [0.2, 0.25) is 6.79 Å². The van der Waals surface area contributed by atoms with E-state index in [1.54, 1.807) is 0 Å². The molecule has 0 unspecified atom stereocenters. The van der Waals surface area contributed by atoms with Gasteiger partial charge in [0.1, 0.15) is 0 Å². The molecule has 0 atom stereocenters. The Morgan fingerprint density at radius 3 is 2.81 bits per heavy atom. The summed E-state index contributed by atoms with van der Waals surface area (Å²) in [5.74, 6) is 2.33. The summed E-state index contributed by atoms with van der Waals surface area (Å²) >= 11 is 5.67. The Morgan fingerprint density at radius 2 is 2.06 bits per heavy atom. The minimum atomic E-state index is 0. The topological polar surface area (TPSA) is 21.7 Å². The minimum Gasteiger partial charge on any atom is -0.454 e. The lowest BCUT2D eigenvalue weighted by Crippen LogP contribution is -2.19. The van der Waals surface area contributed by atoms with Gasteiger partial charge in [-0.2, -0.15) is 0 Å². The van der Waals surface area contributed by atoms with Crippen molar-refractivity contribution in [1.29, 1.82) is 0 Å². The van der Waals surface area contributed by atoms with Crippen LogP contribution in [-0.2, 0) is 6.54 Å². The van der Waals surface area contributed by atoms with Crippen LogP contribution < -0.4 is 9.47 Å². The van der Waals surface area contributed by atoms with Gasteiger partial charge < -0.3 is 14.4 Å². The molecule has 0 bridgehead atoms. The van der Waals surface area contributed by atoms with Crippen LogP contribution in [0.5, 0.6) is 11.5 Å². The highest BCUT2D eigenvalue weighted by molar-refractivity contribution is 6.18. The van der Waals surface area contributed by atoms with E-state index >= 15 is 0 Å². The predicted octanol–water partition coefficient (Wildman–Crippen LogP) is 2.51. The van der Waals surface area contributed by atoms with Crippen molar-refractivity contribution in [2.24, 2.45) is 0 Å². The third-order valence-corrected chi connectivity index (χ3v) is 2.52. The summed E-state index contributed by atoms with van der Waals surface area (Å²) in [7, 11) is 2.05. The number of fused-ring (bicyclic) bond motifs is 1. The summed E-state index contributed by atoms with van der Waals surface area (Å²) in [6.45, 7) is 2.09. The zero-order chi connectivity index (χ0) is 10.7. The van der Waals surface area contributed by atoms with Crippen LogP contribution in [0.25, 0.3) is 0 Å². The SMILES string of the molecule is CN(CCCl)Cc1ccc2c(c1)OCO2.Cl. The lowest BCUT2D eigenvalue weighted by Gasteiger charge is -2.14. The fraction of sp³-hybridized carbons (Fsp3) is 0.455. The van der Waals surface area contributed by atoms with Gasteiger partial charge in [-0.3, -0.25) is 0 Å². The predicted molar refractivity (Wildman–Crippen MR) is 66.9 cm³/mol. The Hall–Kier alpha value is -0.640. The minimum absolute atomic E-state index is 0. The van der Waals surface area contributed by atoms with E-state index in [4.69, 9.17) is 21.1 Å². The van der Waals surface area contributed by atoms with Crippen molar-refractivity contribution >= 4 is 24.0 Å². The molecule has 0 aromatic heterocycles. The van der Waals surface area contributed by atoms with Gasteiger partial charge in [0.25, 0.3) is 0 Å². The molecule has 0 spiro atoms. The molecule has 0 saturated carbocycles. The summed E-state index contributed by atoms with van der Waals surface area (Å²) in [4.78, 5) is 2.17. The van der Waals surface area contributed by atoms with E-state index in [-0.39, 0.29) is 12.4 Å². The lowest BCUT2D eigenvalue weighted by molar-refractivity contribution is 0.174. The van der Waals surface area contributed by atoms with E-state index in [2.05, 4.69) is 11.0 Å². The van der Waals surface area contributed by atoms with E-state index in [1.807, 2.05) is 19.2 Å². The molecular weight excluding hydrogens is 249 g/mol. The molecule has 0 saturated heterocycles. The standard InChI is InChI=1S/C11H14ClNO2.ClH/c1-13(5-4-12)7-9-2-3-10-11(6-9)15-8-14-10;/h2-3,6H,4-5,7-8H2,1H3;1H. The second-order valence-electron chi connectivity index (χ2n) is 3.61. The van der Waals surface area contributed by atoms with E-state index < -0.39 is 0 Å². The number of ether oxygens (including phenoxy) is 2. The summed E-state index contributed by atoms with van der Waals surface area (Å²) < 4.78 is 10.6. The molecular formula is C11H15Cl2NO2. The maximum absolute atomic E-state index is 5.67. The number of alkyl halides is 1. The van der Waals surface area contributed by atoms with Gasteiger partial charge in [-0.15, -0.1) is 24.0 Å². The molecule has 0 N–H and O–H groups in total. The van der Waals surface area contributed by atoms with Crippen LogP contribution in [0.2, 0.25) is 0 Å². The van der Waals surface area contributed by atoms with Crippen molar-refractivity contribution < 1.29 is 9.47 Å². The van der Waals surface area contributed by atoms with E-state index in [0.29, 0.717) is 12.7 Å². The van der Waals surface area contributed by atoms with Crippen LogP contribution in [0, 0.1) is 0 Å². The van der Waals surface area contributed by atoms with Crippen LogP contribution in [0.1, 0.15) is 5.56 Å². The first kappa shape index (κ1) is 13.4. The molecule has 3 nitrogen and oxygen atoms in total. The van der Waals surface area contributed by atoms with Gasteiger partial charge in [0, 0.05) is 19.0 Å². The van der Waals surface area contributed by atoms with Crippen LogP contribution in [-0.4, -0.2) is 31.2 Å². The van der Waals surface area contributed by atoms with Crippen molar-refractivity contribution in [2.75, 3.05) is 26.3 Å². The highest BCUT2D eigenvalue weighted by Gasteiger charge is 2.13. The first-order chi connectivity index (χ1) is 7.29. The third-order valence-electron chi connectivity index (χ3n) is 2.36. The zero-order valence-electron chi connectivity index (χ0n) is 9.11. The molecule has 1 heterocycles. The van der Waals surface area contributed by atoms with Gasteiger partial charge in [0.15, 0.2) is 11.5 Å². The molecule has 0 aliphatic carbocycles. The number of halogens is 2. The molecule has 16 heavy (non-hydrogen) atoms. The van der Waals surface area contributed by atoms with Crippen LogP contribution in [0.3, 0.4) is 0 Å². The van der Waals surface area contributed by atoms with Crippen molar-refractivity contribution in [3.8, 4) is 11.5 Å². The first-order valence-electron chi connectivity index (χ1n) is 4.92. The Kier molecular flexibility index (Phi) is 5.19. The fourth-order valence-electron chi connectivity index (χ4n) is 1.57. The molecule has 90 valence electrons. The average Bonchev–Trinajstić information content (AvgIpc) is 2.65.